The molecule has 0 aromatic heterocycles. The molecule has 0 bridgehead atoms. The highest BCUT2D eigenvalue weighted by Gasteiger charge is 2.52. The number of carboxylic acids is 1. The molecule has 15 heavy (non-hydrogen) atoms. The normalized spacial score (nSPS) is 26.5. The van der Waals surface area contributed by atoms with Crippen LogP contribution >= 0.6 is 10.0 Å². The van der Waals surface area contributed by atoms with Crippen LogP contribution in [0.2, 0.25) is 0 Å². The van der Waals surface area contributed by atoms with Gasteiger partial charge in [0, 0.05) is 0 Å². The van der Waals surface area contributed by atoms with Crippen molar-refractivity contribution in [2.75, 3.05) is 5.75 Å². The van der Waals surface area contributed by atoms with Crippen molar-refractivity contribution in [1.82, 2.24) is 0 Å². The third-order valence-electron chi connectivity index (χ3n) is 2.57. The minimum absolute atomic E-state index is 0.0331. The molecule has 1 aliphatic rings. The standard InChI is InChI=1S/C8H12O6S/c9-6(10)5-3-1-2-4-15(5,7(11)12)8(13)14/h5H,1-4H2,(H,9,10)(H,11,12)(H,13,14). The second kappa shape index (κ2) is 4.09. The van der Waals surface area contributed by atoms with Gasteiger partial charge in [0.25, 0.3) is 0 Å². The maximum absolute atomic E-state index is 11.0. The van der Waals surface area contributed by atoms with Gasteiger partial charge in [-0.2, -0.15) is 0 Å². The Hall–Kier alpha value is -1.24. The summed E-state index contributed by atoms with van der Waals surface area (Å²) in [5, 5.41) is 22.6. The van der Waals surface area contributed by atoms with Gasteiger partial charge in [0.15, 0.2) is 0 Å². The second-order valence-corrected chi connectivity index (χ2v) is 6.61. The van der Waals surface area contributed by atoms with Gasteiger partial charge in [-0.25, -0.2) is 9.59 Å². The minimum atomic E-state index is -3.14. The molecule has 0 saturated carbocycles. The molecule has 0 aliphatic carbocycles. The first-order valence-corrected chi connectivity index (χ1v) is 6.28. The van der Waals surface area contributed by atoms with Crippen molar-refractivity contribution in [3.8, 4) is 0 Å². The van der Waals surface area contributed by atoms with Crippen LogP contribution in [0.25, 0.3) is 0 Å². The number of hydrogen-bond acceptors (Lipinski definition) is 3. The molecule has 0 radical (unpaired) electrons. The summed E-state index contributed by atoms with van der Waals surface area (Å²) in [6.07, 6.45) is 1.19. The molecule has 3 N–H and O–H groups in total. The van der Waals surface area contributed by atoms with Gasteiger partial charge in [0.1, 0.15) is 5.25 Å². The molecule has 7 heteroatoms. The van der Waals surface area contributed by atoms with Crippen LogP contribution in [0.4, 0.5) is 9.59 Å². The van der Waals surface area contributed by atoms with Crippen LogP contribution in [-0.4, -0.2) is 42.9 Å². The van der Waals surface area contributed by atoms with Gasteiger partial charge in [0.05, 0.1) is 0 Å². The lowest BCUT2D eigenvalue weighted by Crippen LogP contribution is -2.40. The Morgan fingerprint density at radius 1 is 1.00 bits per heavy atom. The minimum Gasteiger partial charge on any atom is -0.480 e. The summed E-state index contributed by atoms with van der Waals surface area (Å²) < 4.78 is 0. The SMILES string of the molecule is O=C(O)C1CCCCS1(C(=O)O)C(=O)O. The molecular weight excluding hydrogens is 224 g/mol. The van der Waals surface area contributed by atoms with E-state index in [1.807, 2.05) is 0 Å². The summed E-state index contributed by atoms with van der Waals surface area (Å²) in [4.78, 5) is 32.9. The summed E-state index contributed by atoms with van der Waals surface area (Å²) in [7, 11) is -3.14. The number of hydrogen-bond donors (Lipinski definition) is 3. The van der Waals surface area contributed by atoms with Crippen molar-refractivity contribution >= 4 is 26.6 Å². The van der Waals surface area contributed by atoms with Crippen LogP contribution in [0.5, 0.6) is 0 Å². The van der Waals surface area contributed by atoms with Gasteiger partial charge in [-0.3, -0.25) is 4.79 Å². The highest BCUT2D eigenvalue weighted by atomic mass is 32.3. The lowest BCUT2D eigenvalue weighted by atomic mass is 10.2. The van der Waals surface area contributed by atoms with Crippen molar-refractivity contribution in [2.24, 2.45) is 0 Å². The first-order valence-electron chi connectivity index (χ1n) is 4.41. The van der Waals surface area contributed by atoms with Gasteiger partial charge in [-0.1, -0.05) is 6.42 Å². The van der Waals surface area contributed by atoms with Gasteiger partial charge in [-0.15, -0.1) is 0 Å². The van der Waals surface area contributed by atoms with Crippen LogP contribution < -0.4 is 0 Å². The predicted octanol–water partition coefficient (Wildman–Crippen LogP) is 1.78. The largest absolute Gasteiger partial charge is 0.480 e. The van der Waals surface area contributed by atoms with Gasteiger partial charge in [0.2, 0.25) is 0 Å². The van der Waals surface area contributed by atoms with Crippen molar-refractivity contribution in [3.05, 3.63) is 0 Å². The summed E-state index contributed by atoms with van der Waals surface area (Å²) >= 11 is 0. The van der Waals surface area contributed by atoms with E-state index in [1.165, 1.54) is 0 Å². The molecule has 1 unspecified atom stereocenters. The fourth-order valence-electron chi connectivity index (χ4n) is 1.79. The van der Waals surface area contributed by atoms with Gasteiger partial charge < -0.3 is 15.3 Å². The fourth-order valence-corrected chi connectivity index (χ4v) is 4.63. The van der Waals surface area contributed by atoms with Crippen LogP contribution in [0.3, 0.4) is 0 Å². The molecule has 6 nitrogen and oxygen atoms in total. The Labute approximate surface area is 87.2 Å². The molecule has 1 heterocycles. The number of carboxylic acid groups (broad SMARTS) is 3. The Morgan fingerprint density at radius 3 is 1.87 bits per heavy atom. The van der Waals surface area contributed by atoms with E-state index in [-0.39, 0.29) is 12.2 Å². The average Bonchev–Trinajstić information content (AvgIpc) is 2.16. The fraction of sp³-hybridized carbons (Fsp3) is 0.625. The summed E-state index contributed by atoms with van der Waals surface area (Å²) in [6.45, 7) is 0. The second-order valence-electron chi connectivity index (χ2n) is 3.35. The molecule has 1 fully saturated rings. The van der Waals surface area contributed by atoms with Gasteiger partial charge >= 0.3 is 16.6 Å². The van der Waals surface area contributed by atoms with Crippen molar-refractivity contribution in [1.29, 1.82) is 0 Å². The van der Waals surface area contributed by atoms with E-state index in [1.54, 1.807) is 0 Å². The van der Waals surface area contributed by atoms with E-state index in [4.69, 9.17) is 15.3 Å². The van der Waals surface area contributed by atoms with Crippen LogP contribution in [-0.2, 0) is 4.79 Å². The van der Waals surface area contributed by atoms with Crippen LogP contribution in [0.15, 0.2) is 0 Å². The number of rotatable bonds is 1. The third kappa shape index (κ3) is 1.79. The number of carbonyl (C=O) groups is 3. The Bertz CT molecular complexity index is 298. The Morgan fingerprint density at radius 2 is 1.53 bits per heavy atom. The molecule has 0 aromatic carbocycles. The van der Waals surface area contributed by atoms with Crippen LogP contribution in [0.1, 0.15) is 19.3 Å². The molecule has 1 aliphatic heterocycles. The van der Waals surface area contributed by atoms with E-state index in [9.17, 15) is 14.4 Å². The van der Waals surface area contributed by atoms with Crippen LogP contribution in [0, 0.1) is 0 Å². The Balaban J connectivity index is 3.16. The van der Waals surface area contributed by atoms with E-state index >= 15 is 0 Å². The van der Waals surface area contributed by atoms with Gasteiger partial charge in [-0.05, 0) is 28.6 Å². The zero-order chi connectivity index (χ0) is 11.6. The average molecular weight is 236 g/mol. The molecule has 0 spiro atoms. The quantitative estimate of drug-likeness (QED) is 0.639. The van der Waals surface area contributed by atoms with E-state index in [0.717, 1.165) is 0 Å². The van der Waals surface area contributed by atoms with Crippen molar-refractivity contribution < 1.29 is 29.7 Å². The molecule has 0 aromatic rings. The molecular formula is C8H12O6S. The summed E-state index contributed by atoms with van der Waals surface area (Å²) in [6, 6.07) is 0. The highest BCUT2D eigenvalue weighted by molar-refractivity contribution is 8.55. The molecule has 0 amide bonds. The molecule has 1 saturated heterocycles. The predicted molar refractivity (Wildman–Crippen MR) is 53.8 cm³/mol. The summed E-state index contributed by atoms with van der Waals surface area (Å²) in [5.74, 6) is -1.34. The van der Waals surface area contributed by atoms with Crippen molar-refractivity contribution in [2.45, 2.75) is 24.5 Å². The first-order chi connectivity index (χ1) is 6.93. The van der Waals surface area contributed by atoms with E-state index in [2.05, 4.69) is 0 Å². The smallest absolute Gasteiger partial charge is 0.357 e. The zero-order valence-electron chi connectivity index (χ0n) is 7.88. The topological polar surface area (TPSA) is 112 Å². The maximum Gasteiger partial charge on any atom is 0.357 e. The maximum atomic E-state index is 11.0. The monoisotopic (exact) mass is 236 g/mol. The summed E-state index contributed by atoms with van der Waals surface area (Å²) in [5.41, 5.74) is 0. The van der Waals surface area contributed by atoms with E-state index in [0.29, 0.717) is 12.8 Å². The number of aliphatic carboxylic acids is 1. The third-order valence-corrected chi connectivity index (χ3v) is 6.15. The Kier molecular flexibility index (Phi) is 3.23. The van der Waals surface area contributed by atoms with Crippen molar-refractivity contribution in [3.63, 3.8) is 0 Å². The van der Waals surface area contributed by atoms with E-state index < -0.39 is 31.8 Å². The lowest BCUT2D eigenvalue weighted by molar-refractivity contribution is -0.136. The highest BCUT2D eigenvalue weighted by Crippen LogP contribution is 2.58. The molecule has 1 atom stereocenters. The first kappa shape index (κ1) is 11.8. The molecule has 1 rings (SSSR count). The zero-order valence-corrected chi connectivity index (χ0v) is 8.70. The molecule has 86 valence electrons. The lowest BCUT2D eigenvalue weighted by Gasteiger charge is -2.38.